The van der Waals surface area contributed by atoms with Crippen LogP contribution in [0.5, 0.6) is 0 Å². The Labute approximate surface area is 203 Å². The largest absolute Gasteiger partial charge is 0.459 e. The van der Waals surface area contributed by atoms with E-state index >= 15 is 0 Å². The third kappa shape index (κ3) is 4.07. The average molecular weight is 563 g/mol. The molecule has 1 aromatic carbocycles. The first-order chi connectivity index (χ1) is 15.8. The SMILES string of the molecule is Cn1c(C(F)(F)C(F)(F)F)cc(Br)c1-n1cc(-c2ccc(Cl)c(C(=O)NC3(C#N)CC3)c2)cn1. The van der Waals surface area contributed by atoms with Crippen molar-refractivity contribution in [2.45, 2.75) is 30.5 Å². The third-order valence-electron chi connectivity index (χ3n) is 5.49. The number of hydrogen-bond acceptors (Lipinski definition) is 3. The maximum atomic E-state index is 13.9. The fourth-order valence-electron chi connectivity index (χ4n) is 3.41. The van der Waals surface area contributed by atoms with Gasteiger partial charge in [-0.2, -0.15) is 32.3 Å². The molecule has 13 heteroatoms. The highest BCUT2D eigenvalue weighted by Gasteiger charge is 2.60. The van der Waals surface area contributed by atoms with E-state index in [9.17, 15) is 32.0 Å². The number of amides is 1. The first-order valence-electron chi connectivity index (χ1n) is 9.68. The van der Waals surface area contributed by atoms with Crippen LogP contribution in [0, 0.1) is 11.3 Å². The Morgan fingerprint density at radius 1 is 1.24 bits per heavy atom. The molecule has 1 fully saturated rings. The van der Waals surface area contributed by atoms with E-state index in [0.717, 1.165) is 11.7 Å². The van der Waals surface area contributed by atoms with E-state index in [0.29, 0.717) is 34.6 Å². The Hall–Kier alpha value is -2.91. The Bertz CT molecular complexity index is 1340. The van der Waals surface area contributed by atoms with Crippen molar-refractivity contribution >= 4 is 33.4 Å². The Balaban J connectivity index is 1.68. The molecule has 6 nitrogen and oxygen atoms in total. The van der Waals surface area contributed by atoms with E-state index in [2.05, 4.69) is 32.4 Å². The predicted octanol–water partition coefficient (Wildman–Crippen LogP) is 5.73. The van der Waals surface area contributed by atoms with Crippen molar-refractivity contribution in [1.82, 2.24) is 19.7 Å². The number of nitriles is 1. The smallest absolute Gasteiger partial charge is 0.334 e. The number of benzene rings is 1. The van der Waals surface area contributed by atoms with Crippen molar-refractivity contribution < 1.29 is 26.7 Å². The molecule has 1 N–H and O–H groups in total. The quantitative estimate of drug-likeness (QED) is 0.404. The molecule has 2 heterocycles. The Kier molecular flexibility index (Phi) is 5.77. The molecule has 3 aromatic rings. The van der Waals surface area contributed by atoms with Crippen LogP contribution in [-0.2, 0) is 13.0 Å². The first-order valence-corrected chi connectivity index (χ1v) is 10.9. The molecular weight excluding hydrogens is 549 g/mol. The van der Waals surface area contributed by atoms with E-state index in [4.69, 9.17) is 11.6 Å². The minimum atomic E-state index is -5.77. The fourth-order valence-corrected chi connectivity index (χ4v) is 4.27. The average Bonchev–Trinajstić information content (AvgIpc) is 3.23. The molecular formula is C21H14BrClF5N5O. The second kappa shape index (κ2) is 8.09. The molecule has 34 heavy (non-hydrogen) atoms. The lowest BCUT2D eigenvalue weighted by Crippen LogP contribution is -2.35. The van der Waals surface area contributed by atoms with Crippen molar-refractivity contribution in [3.8, 4) is 23.0 Å². The van der Waals surface area contributed by atoms with Crippen LogP contribution < -0.4 is 5.32 Å². The van der Waals surface area contributed by atoms with Crippen molar-refractivity contribution in [2.75, 3.05) is 0 Å². The molecule has 0 radical (unpaired) electrons. The van der Waals surface area contributed by atoms with E-state index in [1.807, 2.05) is 0 Å². The molecule has 4 rings (SSSR count). The lowest BCUT2D eigenvalue weighted by molar-refractivity contribution is -0.291. The zero-order valence-electron chi connectivity index (χ0n) is 17.2. The summed E-state index contributed by atoms with van der Waals surface area (Å²) in [6.45, 7) is 0. The van der Waals surface area contributed by atoms with Gasteiger partial charge >= 0.3 is 12.1 Å². The molecule has 0 saturated heterocycles. The van der Waals surface area contributed by atoms with Gasteiger partial charge in [0, 0.05) is 18.8 Å². The lowest BCUT2D eigenvalue weighted by atomic mass is 10.1. The minimum Gasteiger partial charge on any atom is -0.334 e. The molecule has 0 unspecified atom stereocenters. The molecule has 1 aliphatic carbocycles. The summed E-state index contributed by atoms with van der Waals surface area (Å²) >= 11 is 9.19. The number of carbonyl (C=O) groups excluding carboxylic acids is 1. The van der Waals surface area contributed by atoms with Crippen LogP contribution in [0.25, 0.3) is 16.9 Å². The number of carbonyl (C=O) groups is 1. The summed E-state index contributed by atoms with van der Waals surface area (Å²) in [5.74, 6) is -5.65. The highest BCUT2D eigenvalue weighted by atomic mass is 79.9. The second-order valence-electron chi connectivity index (χ2n) is 7.85. The molecule has 1 saturated carbocycles. The Morgan fingerprint density at radius 2 is 1.91 bits per heavy atom. The van der Waals surface area contributed by atoms with Gasteiger partial charge in [0.1, 0.15) is 11.4 Å². The van der Waals surface area contributed by atoms with E-state index in [1.54, 1.807) is 6.07 Å². The number of rotatable bonds is 5. The molecule has 1 amide bonds. The maximum Gasteiger partial charge on any atom is 0.459 e. The van der Waals surface area contributed by atoms with Crippen molar-refractivity contribution in [3.63, 3.8) is 0 Å². The van der Waals surface area contributed by atoms with Crippen LogP contribution in [-0.4, -0.2) is 32.0 Å². The summed E-state index contributed by atoms with van der Waals surface area (Å²) in [4.78, 5) is 12.6. The number of halogens is 7. The van der Waals surface area contributed by atoms with Gasteiger partial charge in [-0.1, -0.05) is 17.7 Å². The van der Waals surface area contributed by atoms with Crippen LogP contribution in [0.3, 0.4) is 0 Å². The molecule has 0 spiro atoms. The number of alkyl halides is 5. The van der Waals surface area contributed by atoms with Gasteiger partial charge in [-0.15, -0.1) is 0 Å². The summed E-state index contributed by atoms with van der Waals surface area (Å²) in [5.41, 5.74) is -1.08. The van der Waals surface area contributed by atoms with Crippen molar-refractivity contribution in [3.05, 3.63) is 57.4 Å². The zero-order chi connectivity index (χ0) is 25.1. The van der Waals surface area contributed by atoms with Crippen LogP contribution in [0.1, 0.15) is 28.9 Å². The van der Waals surface area contributed by atoms with Gasteiger partial charge in [0.05, 0.1) is 33.0 Å². The lowest BCUT2D eigenvalue weighted by Gasteiger charge is -2.20. The highest BCUT2D eigenvalue weighted by Crippen LogP contribution is 2.46. The molecule has 0 aliphatic heterocycles. The van der Waals surface area contributed by atoms with E-state index < -0.39 is 29.2 Å². The van der Waals surface area contributed by atoms with Crippen LogP contribution in [0.15, 0.2) is 41.1 Å². The highest BCUT2D eigenvalue weighted by molar-refractivity contribution is 9.10. The number of aromatic nitrogens is 3. The standard InChI is InChI=1S/C21H14BrClF5N5O/c1-32-16(20(24,25)21(26,27)28)7-14(22)18(32)33-9-12(8-30-33)11-2-3-15(23)13(6-11)17(34)31-19(10-29)4-5-19/h2-3,6-9H,4-5H2,1H3,(H,31,34). The normalized spacial score (nSPS) is 15.1. The number of nitrogens with zero attached hydrogens (tertiary/aromatic N) is 4. The number of nitrogens with one attached hydrogen (secondary N) is 1. The van der Waals surface area contributed by atoms with Crippen LogP contribution >= 0.6 is 27.5 Å². The molecule has 0 atom stereocenters. The number of hydrogen-bond donors (Lipinski definition) is 1. The van der Waals surface area contributed by atoms with Crippen molar-refractivity contribution in [1.29, 1.82) is 5.26 Å². The summed E-state index contributed by atoms with van der Waals surface area (Å²) in [7, 11) is 1.07. The van der Waals surface area contributed by atoms with Gasteiger partial charge in [-0.25, -0.2) is 4.68 Å². The maximum absolute atomic E-state index is 13.9. The summed E-state index contributed by atoms with van der Waals surface area (Å²) < 4.78 is 68.3. The summed E-state index contributed by atoms with van der Waals surface area (Å²) in [6.07, 6.45) is -1.90. The minimum absolute atomic E-state index is 0.0222. The second-order valence-corrected chi connectivity index (χ2v) is 9.11. The molecule has 0 bridgehead atoms. The van der Waals surface area contributed by atoms with Gasteiger partial charge in [-0.05, 0) is 52.5 Å². The van der Waals surface area contributed by atoms with Gasteiger partial charge in [0.25, 0.3) is 5.91 Å². The Morgan fingerprint density at radius 3 is 2.50 bits per heavy atom. The topological polar surface area (TPSA) is 75.6 Å². The summed E-state index contributed by atoms with van der Waals surface area (Å²) in [6, 6.07) is 7.31. The summed E-state index contributed by atoms with van der Waals surface area (Å²) in [5, 5.41) is 16.1. The predicted molar refractivity (Wildman–Crippen MR) is 116 cm³/mol. The van der Waals surface area contributed by atoms with Gasteiger partial charge in [-0.3, -0.25) is 4.79 Å². The van der Waals surface area contributed by atoms with Crippen LogP contribution in [0.2, 0.25) is 5.02 Å². The third-order valence-corrected chi connectivity index (χ3v) is 6.41. The van der Waals surface area contributed by atoms with Gasteiger partial charge in [0.2, 0.25) is 0 Å². The van der Waals surface area contributed by atoms with Crippen molar-refractivity contribution in [2.24, 2.45) is 7.05 Å². The molecule has 2 aromatic heterocycles. The van der Waals surface area contributed by atoms with Crippen LogP contribution in [0.4, 0.5) is 22.0 Å². The zero-order valence-corrected chi connectivity index (χ0v) is 19.6. The monoisotopic (exact) mass is 561 g/mol. The fraction of sp³-hybridized carbons (Fsp3) is 0.286. The first kappa shape index (κ1) is 24.2. The van der Waals surface area contributed by atoms with Gasteiger partial charge in [0.15, 0.2) is 0 Å². The van der Waals surface area contributed by atoms with E-state index in [1.165, 1.54) is 24.5 Å². The van der Waals surface area contributed by atoms with Gasteiger partial charge < -0.3 is 9.88 Å². The molecule has 1 aliphatic rings. The molecule has 178 valence electrons. The van der Waals surface area contributed by atoms with E-state index in [-0.39, 0.29) is 20.9 Å².